The van der Waals surface area contributed by atoms with E-state index >= 15 is 0 Å². The predicted molar refractivity (Wildman–Crippen MR) is 93.9 cm³/mol. The molecule has 0 aliphatic carbocycles. The molecule has 0 N–H and O–H groups in total. The fourth-order valence-electron chi connectivity index (χ4n) is 3.16. The van der Waals surface area contributed by atoms with Crippen molar-refractivity contribution in [3.8, 4) is 11.4 Å². The van der Waals surface area contributed by atoms with E-state index in [-0.39, 0.29) is 11.9 Å². The van der Waals surface area contributed by atoms with Crippen LogP contribution in [0.3, 0.4) is 0 Å². The van der Waals surface area contributed by atoms with Crippen molar-refractivity contribution < 1.29 is 4.79 Å². The molecule has 0 spiro atoms. The minimum Gasteiger partial charge on any atom is -0.325 e. The molecule has 1 aliphatic rings. The van der Waals surface area contributed by atoms with E-state index in [0.29, 0.717) is 24.6 Å². The van der Waals surface area contributed by atoms with E-state index in [1.54, 1.807) is 6.07 Å². The van der Waals surface area contributed by atoms with Gasteiger partial charge in [0, 0.05) is 17.8 Å². The highest BCUT2D eigenvalue weighted by Gasteiger charge is 2.31. The minimum absolute atomic E-state index is 0.0632. The number of nitrogens with zero attached hydrogens (tertiary/aromatic N) is 5. The highest BCUT2D eigenvalue weighted by molar-refractivity contribution is 5.92. The van der Waals surface area contributed by atoms with Gasteiger partial charge in [-0.05, 0) is 26.0 Å². The zero-order chi connectivity index (χ0) is 17.4. The first kappa shape index (κ1) is 15.5. The maximum absolute atomic E-state index is 12.9. The third kappa shape index (κ3) is 2.80. The standard InChI is InChI=1S/C19H19N5O/c1-13-7-6-10-16(20-13)19(25)23-11-12-24-18(14(23)2)21-17(22-24)15-8-4-3-5-9-15/h3-10,14H,11-12H2,1-2H3/t14-/m0/s1. The van der Waals surface area contributed by atoms with Crippen molar-refractivity contribution in [3.63, 3.8) is 0 Å². The molecule has 126 valence electrons. The van der Waals surface area contributed by atoms with Crippen LogP contribution in [-0.4, -0.2) is 37.1 Å². The summed E-state index contributed by atoms with van der Waals surface area (Å²) in [6.45, 7) is 5.11. The maximum Gasteiger partial charge on any atom is 0.273 e. The third-order valence-electron chi connectivity index (χ3n) is 4.49. The Balaban J connectivity index is 1.64. The molecule has 1 amide bonds. The molecule has 0 bridgehead atoms. The molecule has 0 saturated carbocycles. The Morgan fingerprint density at radius 2 is 1.84 bits per heavy atom. The summed E-state index contributed by atoms with van der Waals surface area (Å²) in [6, 6.07) is 15.3. The fourth-order valence-corrected chi connectivity index (χ4v) is 3.16. The molecule has 0 fully saturated rings. The van der Waals surface area contributed by atoms with Crippen LogP contribution in [-0.2, 0) is 6.54 Å². The fraction of sp³-hybridized carbons (Fsp3) is 0.263. The molecule has 6 heteroatoms. The quantitative estimate of drug-likeness (QED) is 0.723. The first-order valence-electron chi connectivity index (χ1n) is 8.38. The Morgan fingerprint density at radius 1 is 1.04 bits per heavy atom. The molecule has 6 nitrogen and oxygen atoms in total. The molecule has 1 aliphatic heterocycles. The molecule has 1 aromatic carbocycles. The van der Waals surface area contributed by atoms with Crippen molar-refractivity contribution in [2.45, 2.75) is 26.4 Å². The van der Waals surface area contributed by atoms with Crippen LogP contribution in [0.2, 0.25) is 0 Å². The number of carbonyl (C=O) groups is 1. The summed E-state index contributed by atoms with van der Waals surface area (Å²) in [6.07, 6.45) is 0. The highest BCUT2D eigenvalue weighted by Crippen LogP contribution is 2.27. The largest absolute Gasteiger partial charge is 0.325 e. The van der Waals surface area contributed by atoms with Gasteiger partial charge in [0.1, 0.15) is 11.5 Å². The van der Waals surface area contributed by atoms with Gasteiger partial charge in [0.15, 0.2) is 5.82 Å². The average Bonchev–Trinajstić information content (AvgIpc) is 3.08. The van der Waals surface area contributed by atoms with Crippen molar-refractivity contribution in [2.75, 3.05) is 6.54 Å². The van der Waals surface area contributed by atoms with Crippen LogP contribution in [0.1, 0.15) is 35.0 Å². The molecule has 0 radical (unpaired) electrons. The molecule has 4 rings (SSSR count). The summed E-state index contributed by atoms with van der Waals surface area (Å²) in [7, 11) is 0. The number of rotatable bonds is 2. The molecular weight excluding hydrogens is 314 g/mol. The van der Waals surface area contributed by atoms with E-state index in [2.05, 4.69) is 15.1 Å². The number of benzene rings is 1. The summed E-state index contributed by atoms with van der Waals surface area (Å²) in [5.74, 6) is 1.45. The van der Waals surface area contributed by atoms with Crippen LogP contribution < -0.4 is 0 Å². The lowest BCUT2D eigenvalue weighted by atomic mass is 10.2. The Kier molecular flexibility index (Phi) is 3.80. The normalized spacial score (nSPS) is 16.6. The smallest absolute Gasteiger partial charge is 0.273 e. The van der Waals surface area contributed by atoms with Crippen LogP contribution in [0.5, 0.6) is 0 Å². The van der Waals surface area contributed by atoms with Crippen LogP contribution in [0.15, 0.2) is 48.5 Å². The topological polar surface area (TPSA) is 63.9 Å². The van der Waals surface area contributed by atoms with Gasteiger partial charge in [-0.25, -0.2) is 14.6 Å². The summed E-state index contributed by atoms with van der Waals surface area (Å²) < 4.78 is 1.90. The van der Waals surface area contributed by atoms with Crippen LogP contribution in [0.25, 0.3) is 11.4 Å². The highest BCUT2D eigenvalue weighted by atomic mass is 16.2. The second kappa shape index (κ2) is 6.12. The Bertz CT molecular complexity index is 919. The first-order valence-corrected chi connectivity index (χ1v) is 8.38. The van der Waals surface area contributed by atoms with E-state index in [1.807, 2.05) is 65.9 Å². The molecule has 2 aromatic heterocycles. The average molecular weight is 333 g/mol. The summed E-state index contributed by atoms with van der Waals surface area (Å²) in [4.78, 5) is 23.7. The molecule has 3 aromatic rings. The van der Waals surface area contributed by atoms with Gasteiger partial charge in [0.2, 0.25) is 0 Å². The number of pyridine rings is 1. The summed E-state index contributed by atoms with van der Waals surface area (Å²) >= 11 is 0. The van der Waals surface area contributed by atoms with Gasteiger partial charge >= 0.3 is 0 Å². The molecule has 0 unspecified atom stereocenters. The predicted octanol–water partition coefficient (Wildman–Crippen LogP) is 2.87. The van der Waals surface area contributed by atoms with Gasteiger partial charge in [-0.15, -0.1) is 0 Å². The SMILES string of the molecule is Cc1cccc(C(=O)N2CCn3nc(-c4ccccc4)nc3[C@@H]2C)n1. The van der Waals surface area contributed by atoms with Gasteiger partial charge in [0.25, 0.3) is 5.91 Å². The minimum atomic E-state index is -0.145. The van der Waals surface area contributed by atoms with Crippen molar-refractivity contribution in [1.29, 1.82) is 0 Å². The molecular formula is C19H19N5O. The molecule has 1 atom stereocenters. The van der Waals surface area contributed by atoms with Crippen molar-refractivity contribution in [1.82, 2.24) is 24.6 Å². The van der Waals surface area contributed by atoms with Gasteiger partial charge in [-0.2, -0.15) is 5.10 Å². The number of fused-ring (bicyclic) bond motifs is 1. The van der Waals surface area contributed by atoms with E-state index in [9.17, 15) is 4.79 Å². The number of aromatic nitrogens is 4. The maximum atomic E-state index is 12.9. The lowest BCUT2D eigenvalue weighted by molar-refractivity contribution is 0.0624. The second-order valence-corrected chi connectivity index (χ2v) is 6.22. The first-order chi connectivity index (χ1) is 12.1. The van der Waals surface area contributed by atoms with Gasteiger partial charge in [0.05, 0.1) is 12.6 Å². The molecule has 0 saturated heterocycles. The van der Waals surface area contributed by atoms with E-state index in [0.717, 1.165) is 17.1 Å². The lowest BCUT2D eigenvalue weighted by Crippen LogP contribution is -2.41. The van der Waals surface area contributed by atoms with Crippen molar-refractivity contribution >= 4 is 5.91 Å². The molecule has 3 heterocycles. The number of hydrogen-bond donors (Lipinski definition) is 0. The van der Waals surface area contributed by atoms with E-state index < -0.39 is 0 Å². The van der Waals surface area contributed by atoms with Gasteiger partial charge < -0.3 is 4.90 Å². The third-order valence-corrected chi connectivity index (χ3v) is 4.49. The number of carbonyl (C=O) groups excluding carboxylic acids is 1. The van der Waals surface area contributed by atoms with E-state index in [1.165, 1.54) is 0 Å². The monoisotopic (exact) mass is 333 g/mol. The number of aryl methyl sites for hydroxylation is 1. The van der Waals surface area contributed by atoms with Crippen LogP contribution >= 0.6 is 0 Å². The lowest BCUT2D eigenvalue weighted by Gasteiger charge is -2.32. The summed E-state index contributed by atoms with van der Waals surface area (Å²) in [5, 5.41) is 4.60. The zero-order valence-corrected chi connectivity index (χ0v) is 14.3. The van der Waals surface area contributed by atoms with Gasteiger partial charge in [-0.1, -0.05) is 36.4 Å². The van der Waals surface area contributed by atoms with Crippen molar-refractivity contribution in [3.05, 3.63) is 65.7 Å². The van der Waals surface area contributed by atoms with Crippen molar-refractivity contribution in [2.24, 2.45) is 0 Å². The second-order valence-electron chi connectivity index (χ2n) is 6.22. The van der Waals surface area contributed by atoms with Crippen LogP contribution in [0.4, 0.5) is 0 Å². The summed E-state index contributed by atoms with van der Waals surface area (Å²) in [5.41, 5.74) is 2.29. The number of amides is 1. The van der Waals surface area contributed by atoms with E-state index in [4.69, 9.17) is 0 Å². The zero-order valence-electron chi connectivity index (χ0n) is 14.3. The molecule has 25 heavy (non-hydrogen) atoms. The van der Waals surface area contributed by atoms with Crippen LogP contribution in [0, 0.1) is 6.92 Å². The number of hydrogen-bond acceptors (Lipinski definition) is 4. The van der Waals surface area contributed by atoms with Gasteiger partial charge in [-0.3, -0.25) is 4.79 Å². The Morgan fingerprint density at radius 3 is 2.60 bits per heavy atom. The Hall–Kier alpha value is -3.02. The Labute approximate surface area is 146 Å².